The van der Waals surface area contributed by atoms with Crippen molar-refractivity contribution in [3.05, 3.63) is 65.5 Å². The van der Waals surface area contributed by atoms with Gasteiger partial charge in [-0.05, 0) is 61.9 Å². The maximum Gasteiger partial charge on any atom is 0.254 e. The highest BCUT2D eigenvalue weighted by atomic mass is 16.5. The minimum Gasteiger partial charge on any atom is -0.497 e. The first-order chi connectivity index (χ1) is 15.2. The van der Waals surface area contributed by atoms with Gasteiger partial charge in [0.25, 0.3) is 5.91 Å². The molecule has 2 aromatic carbocycles. The summed E-state index contributed by atoms with van der Waals surface area (Å²) in [6.45, 7) is 2.88. The maximum absolute atomic E-state index is 13.3. The summed E-state index contributed by atoms with van der Waals surface area (Å²) in [5.74, 6) is 1.76. The van der Waals surface area contributed by atoms with Crippen LogP contribution in [-0.2, 0) is 6.42 Å². The van der Waals surface area contributed by atoms with E-state index in [0.29, 0.717) is 23.8 Å². The number of benzene rings is 2. The zero-order valence-electron chi connectivity index (χ0n) is 18.2. The van der Waals surface area contributed by atoms with Crippen molar-refractivity contribution in [3.63, 3.8) is 0 Å². The van der Waals surface area contributed by atoms with Crippen LogP contribution in [0.25, 0.3) is 11.4 Å². The minimum absolute atomic E-state index is 0.0212. The van der Waals surface area contributed by atoms with Gasteiger partial charge in [0.15, 0.2) is 0 Å². The fourth-order valence-electron chi connectivity index (χ4n) is 4.04. The monoisotopic (exact) mass is 419 g/mol. The van der Waals surface area contributed by atoms with Gasteiger partial charge in [0.1, 0.15) is 11.8 Å². The normalized spacial score (nSPS) is 16.3. The summed E-state index contributed by atoms with van der Waals surface area (Å²) in [6, 6.07) is 15.4. The number of unbranched alkanes of at least 4 members (excludes halogenated alkanes) is 1. The average molecular weight is 420 g/mol. The zero-order valence-corrected chi connectivity index (χ0v) is 18.2. The van der Waals surface area contributed by atoms with Crippen molar-refractivity contribution in [2.45, 2.75) is 51.5 Å². The first kappa shape index (κ1) is 21.1. The number of carbonyl (C=O) groups is 1. The van der Waals surface area contributed by atoms with Crippen LogP contribution in [0.15, 0.2) is 53.1 Å². The number of amides is 1. The summed E-state index contributed by atoms with van der Waals surface area (Å²) in [5.41, 5.74) is 2.80. The summed E-state index contributed by atoms with van der Waals surface area (Å²) in [6.07, 6.45) is 6.20. The molecule has 6 nitrogen and oxygen atoms in total. The van der Waals surface area contributed by atoms with Gasteiger partial charge in [-0.3, -0.25) is 4.79 Å². The van der Waals surface area contributed by atoms with Gasteiger partial charge >= 0.3 is 0 Å². The second-order valence-electron chi connectivity index (χ2n) is 8.00. The maximum atomic E-state index is 13.3. The van der Waals surface area contributed by atoms with Crippen molar-refractivity contribution in [3.8, 4) is 17.1 Å². The van der Waals surface area contributed by atoms with Crippen LogP contribution in [0.5, 0.6) is 5.75 Å². The van der Waals surface area contributed by atoms with Gasteiger partial charge in [-0.25, -0.2) is 0 Å². The topological polar surface area (TPSA) is 68.5 Å². The molecule has 0 bridgehead atoms. The Kier molecular flexibility index (Phi) is 6.65. The van der Waals surface area contributed by atoms with E-state index in [1.165, 1.54) is 5.56 Å². The second kappa shape index (κ2) is 9.77. The molecule has 3 aromatic rings. The van der Waals surface area contributed by atoms with Crippen LogP contribution in [0, 0.1) is 0 Å². The lowest BCUT2D eigenvalue weighted by molar-refractivity contribution is 0.0561. The van der Waals surface area contributed by atoms with Crippen molar-refractivity contribution < 1.29 is 14.1 Å². The number of hydrogen-bond donors (Lipinski definition) is 0. The van der Waals surface area contributed by atoms with Crippen LogP contribution in [0.4, 0.5) is 0 Å². The highest BCUT2D eigenvalue weighted by Crippen LogP contribution is 2.32. The van der Waals surface area contributed by atoms with E-state index >= 15 is 0 Å². The number of likely N-dealkylation sites (tertiary alicyclic amines) is 1. The molecule has 1 atom stereocenters. The molecule has 0 saturated carbocycles. The van der Waals surface area contributed by atoms with Gasteiger partial charge in [0.05, 0.1) is 7.11 Å². The molecule has 0 N–H and O–H groups in total. The summed E-state index contributed by atoms with van der Waals surface area (Å²) in [7, 11) is 1.63. The van der Waals surface area contributed by atoms with E-state index < -0.39 is 0 Å². The predicted molar refractivity (Wildman–Crippen MR) is 119 cm³/mol. The van der Waals surface area contributed by atoms with Crippen LogP contribution in [0.1, 0.15) is 66.9 Å². The van der Waals surface area contributed by atoms with Crippen LogP contribution in [0.2, 0.25) is 0 Å². The number of rotatable bonds is 7. The fraction of sp³-hybridized carbons (Fsp3) is 0.400. The zero-order chi connectivity index (χ0) is 21.6. The minimum atomic E-state index is -0.201. The lowest BCUT2D eigenvalue weighted by Gasteiger charge is -2.33. The molecule has 1 aliphatic heterocycles. The summed E-state index contributed by atoms with van der Waals surface area (Å²) < 4.78 is 10.9. The third kappa shape index (κ3) is 4.79. The molecule has 1 fully saturated rings. The van der Waals surface area contributed by atoms with Crippen LogP contribution >= 0.6 is 0 Å². The Hall–Kier alpha value is -3.15. The van der Waals surface area contributed by atoms with Crippen LogP contribution in [0.3, 0.4) is 0 Å². The molecule has 1 saturated heterocycles. The van der Waals surface area contributed by atoms with Crippen molar-refractivity contribution in [2.75, 3.05) is 13.7 Å². The molecule has 4 rings (SSSR count). The highest BCUT2D eigenvalue weighted by molar-refractivity contribution is 5.94. The Morgan fingerprint density at radius 2 is 2.03 bits per heavy atom. The molecule has 0 spiro atoms. The molecule has 1 amide bonds. The number of aryl methyl sites for hydroxylation is 1. The Morgan fingerprint density at radius 3 is 2.81 bits per heavy atom. The molecule has 1 aliphatic rings. The van der Waals surface area contributed by atoms with Crippen molar-refractivity contribution in [1.82, 2.24) is 15.0 Å². The number of hydrogen-bond acceptors (Lipinski definition) is 5. The SMILES string of the molecule is CCCCc1ccc(C(=O)N2CCCCC2c2nc(-c3cccc(OC)c3)no2)cc1. The Balaban J connectivity index is 1.53. The van der Waals surface area contributed by atoms with Gasteiger partial charge < -0.3 is 14.2 Å². The second-order valence-corrected chi connectivity index (χ2v) is 8.00. The summed E-state index contributed by atoms with van der Waals surface area (Å²) in [4.78, 5) is 19.8. The molecule has 162 valence electrons. The molecule has 1 aromatic heterocycles. The van der Waals surface area contributed by atoms with Gasteiger partial charge in [0, 0.05) is 17.7 Å². The molecular weight excluding hydrogens is 390 g/mol. The first-order valence-electron chi connectivity index (χ1n) is 11.1. The molecule has 31 heavy (non-hydrogen) atoms. The molecular formula is C25H29N3O3. The quantitative estimate of drug-likeness (QED) is 0.509. The number of carbonyl (C=O) groups excluding carboxylic acids is 1. The van der Waals surface area contributed by atoms with E-state index in [0.717, 1.165) is 49.8 Å². The highest BCUT2D eigenvalue weighted by Gasteiger charge is 2.32. The van der Waals surface area contributed by atoms with Crippen LogP contribution < -0.4 is 4.74 Å². The molecule has 0 aliphatic carbocycles. The average Bonchev–Trinajstić information content (AvgIpc) is 3.33. The van der Waals surface area contributed by atoms with E-state index in [1.807, 2.05) is 41.3 Å². The summed E-state index contributed by atoms with van der Waals surface area (Å²) >= 11 is 0. The Labute approximate surface area is 183 Å². The van der Waals surface area contributed by atoms with Crippen LogP contribution in [-0.4, -0.2) is 34.6 Å². The molecule has 1 unspecified atom stereocenters. The van der Waals surface area contributed by atoms with E-state index in [-0.39, 0.29) is 11.9 Å². The summed E-state index contributed by atoms with van der Waals surface area (Å²) in [5, 5.41) is 4.16. The lowest BCUT2D eigenvalue weighted by Crippen LogP contribution is -2.38. The van der Waals surface area contributed by atoms with Crippen molar-refractivity contribution in [2.24, 2.45) is 0 Å². The molecule has 2 heterocycles. The smallest absolute Gasteiger partial charge is 0.254 e. The Bertz CT molecular complexity index is 1010. The van der Waals surface area contributed by atoms with E-state index in [9.17, 15) is 4.79 Å². The molecule has 0 radical (unpaired) electrons. The van der Waals surface area contributed by atoms with Gasteiger partial charge in [-0.15, -0.1) is 0 Å². The number of aromatic nitrogens is 2. The number of ether oxygens (including phenoxy) is 1. The first-order valence-corrected chi connectivity index (χ1v) is 11.1. The van der Waals surface area contributed by atoms with Crippen molar-refractivity contribution >= 4 is 5.91 Å². The van der Waals surface area contributed by atoms with Crippen molar-refractivity contribution in [1.29, 1.82) is 0 Å². The predicted octanol–water partition coefficient (Wildman–Crippen LogP) is 5.46. The fourth-order valence-corrected chi connectivity index (χ4v) is 4.04. The van der Waals surface area contributed by atoms with Gasteiger partial charge in [0.2, 0.25) is 11.7 Å². The number of nitrogens with zero attached hydrogens (tertiary/aromatic N) is 3. The third-order valence-corrected chi connectivity index (χ3v) is 5.84. The largest absolute Gasteiger partial charge is 0.497 e. The number of methoxy groups -OCH3 is 1. The van der Waals surface area contributed by atoms with E-state index in [2.05, 4.69) is 29.2 Å². The third-order valence-electron chi connectivity index (χ3n) is 5.84. The Morgan fingerprint density at radius 1 is 1.19 bits per heavy atom. The van der Waals surface area contributed by atoms with Gasteiger partial charge in [-0.1, -0.05) is 42.8 Å². The molecule has 6 heteroatoms. The standard InChI is InChI=1S/C25H29N3O3/c1-3-4-8-18-12-14-19(15-13-18)25(29)28-16-6-5-11-22(28)24-26-23(27-31-24)20-9-7-10-21(17-20)30-2/h7,9-10,12-15,17,22H,3-6,8,11,16H2,1-2H3. The lowest BCUT2D eigenvalue weighted by atomic mass is 10.00. The number of piperidine rings is 1. The van der Waals surface area contributed by atoms with Gasteiger partial charge in [-0.2, -0.15) is 4.98 Å². The van der Waals surface area contributed by atoms with E-state index in [1.54, 1.807) is 7.11 Å². The van der Waals surface area contributed by atoms with E-state index in [4.69, 9.17) is 9.26 Å².